The lowest BCUT2D eigenvalue weighted by atomic mass is 10.1. The minimum atomic E-state index is 0.758. The molecule has 88 valence electrons. The quantitative estimate of drug-likeness (QED) is 0.828. The summed E-state index contributed by atoms with van der Waals surface area (Å²) in [6.45, 7) is 4.95. The first-order valence-corrected chi connectivity index (χ1v) is 6.41. The summed E-state index contributed by atoms with van der Waals surface area (Å²) in [6.07, 6.45) is 5.71. The van der Waals surface area contributed by atoms with Crippen LogP contribution in [0.3, 0.4) is 0 Å². The summed E-state index contributed by atoms with van der Waals surface area (Å²) in [6, 6.07) is 0.758. The van der Waals surface area contributed by atoms with Crippen LogP contribution in [-0.2, 0) is 6.54 Å². The number of nitrogens with one attached hydrogen (secondary N) is 1. The molecule has 0 unspecified atom stereocenters. The first-order chi connectivity index (χ1) is 7.75. The van der Waals surface area contributed by atoms with Gasteiger partial charge in [0.25, 0.3) is 0 Å². The van der Waals surface area contributed by atoms with Gasteiger partial charge in [-0.15, -0.1) is 0 Å². The molecule has 1 aromatic heterocycles. The Kier molecular flexibility index (Phi) is 2.51. The van der Waals surface area contributed by atoms with Crippen molar-refractivity contribution in [3.05, 3.63) is 17.0 Å². The summed E-state index contributed by atoms with van der Waals surface area (Å²) in [4.78, 5) is 0. The van der Waals surface area contributed by atoms with E-state index in [1.54, 1.807) is 0 Å². The van der Waals surface area contributed by atoms with E-state index in [2.05, 4.69) is 10.5 Å². The highest BCUT2D eigenvalue weighted by atomic mass is 16.5. The molecule has 0 radical (unpaired) electrons. The Hall–Kier alpha value is -0.830. The minimum absolute atomic E-state index is 0.758. The monoisotopic (exact) mass is 220 g/mol. The van der Waals surface area contributed by atoms with Crippen LogP contribution in [0.2, 0.25) is 0 Å². The molecule has 1 aromatic rings. The molecule has 2 fully saturated rings. The molecule has 0 aliphatic heterocycles. The average Bonchev–Trinajstić information content (AvgIpc) is 3.14. The SMILES string of the molecule is Cc1noc(C)c1CNC(C1CC1)C1CC1. The normalized spacial score (nSPS) is 20.7. The molecule has 0 saturated heterocycles. The van der Waals surface area contributed by atoms with E-state index < -0.39 is 0 Å². The van der Waals surface area contributed by atoms with Crippen molar-refractivity contribution in [3.63, 3.8) is 0 Å². The highest BCUT2D eigenvalue weighted by Gasteiger charge is 2.41. The van der Waals surface area contributed by atoms with Gasteiger partial charge in [0, 0.05) is 18.2 Å². The standard InChI is InChI=1S/C13H20N2O/c1-8-12(9(2)16-15-8)7-14-13(10-3-4-10)11-5-6-11/h10-11,13-14H,3-7H2,1-2H3. The number of hydrogen-bond acceptors (Lipinski definition) is 3. The zero-order valence-corrected chi connectivity index (χ0v) is 10.1. The Morgan fingerprint density at radius 1 is 1.25 bits per heavy atom. The number of nitrogens with zero attached hydrogens (tertiary/aromatic N) is 1. The second kappa shape index (κ2) is 3.88. The van der Waals surface area contributed by atoms with E-state index >= 15 is 0 Å². The smallest absolute Gasteiger partial charge is 0.138 e. The molecule has 0 bridgehead atoms. The lowest BCUT2D eigenvalue weighted by Crippen LogP contribution is -2.32. The van der Waals surface area contributed by atoms with Gasteiger partial charge in [-0.1, -0.05) is 5.16 Å². The third-order valence-electron chi connectivity index (χ3n) is 3.96. The van der Waals surface area contributed by atoms with Gasteiger partial charge in [0.2, 0.25) is 0 Å². The van der Waals surface area contributed by atoms with Crippen LogP contribution in [0.25, 0.3) is 0 Å². The Labute approximate surface area is 96.6 Å². The summed E-state index contributed by atoms with van der Waals surface area (Å²) in [5.41, 5.74) is 2.29. The third-order valence-corrected chi connectivity index (χ3v) is 3.96. The number of aryl methyl sites for hydroxylation is 2. The van der Waals surface area contributed by atoms with E-state index in [9.17, 15) is 0 Å². The van der Waals surface area contributed by atoms with Crippen molar-refractivity contribution in [1.29, 1.82) is 0 Å². The zero-order valence-electron chi connectivity index (χ0n) is 10.1. The maximum atomic E-state index is 5.19. The molecule has 2 aliphatic carbocycles. The molecular formula is C13H20N2O. The van der Waals surface area contributed by atoms with Crippen LogP contribution in [0.1, 0.15) is 42.7 Å². The van der Waals surface area contributed by atoms with Gasteiger partial charge in [0.1, 0.15) is 5.76 Å². The van der Waals surface area contributed by atoms with E-state index in [4.69, 9.17) is 4.52 Å². The first kappa shape index (κ1) is 10.3. The molecule has 16 heavy (non-hydrogen) atoms. The van der Waals surface area contributed by atoms with Crippen LogP contribution in [0.4, 0.5) is 0 Å². The molecule has 2 saturated carbocycles. The van der Waals surface area contributed by atoms with E-state index in [1.807, 2.05) is 13.8 Å². The van der Waals surface area contributed by atoms with Gasteiger partial charge < -0.3 is 9.84 Å². The molecule has 0 amide bonds. The lowest BCUT2D eigenvalue weighted by molar-refractivity contribution is 0.388. The number of aromatic nitrogens is 1. The summed E-state index contributed by atoms with van der Waals surface area (Å²) in [5, 5.41) is 7.73. The van der Waals surface area contributed by atoms with Crippen molar-refractivity contribution in [2.24, 2.45) is 11.8 Å². The highest BCUT2D eigenvalue weighted by Crippen LogP contribution is 2.44. The maximum Gasteiger partial charge on any atom is 0.138 e. The fourth-order valence-corrected chi connectivity index (χ4v) is 2.60. The van der Waals surface area contributed by atoms with Gasteiger partial charge in [-0.05, 0) is 51.4 Å². The molecular weight excluding hydrogens is 200 g/mol. The van der Waals surface area contributed by atoms with E-state index in [-0.39, 0.29) is 0 Å². The minimum Gasteiger partial charge on any atom is -0.361 e. The van der Waals surface area contributed by atoms with Gasteiger partial charge in [-0.3, -0.25) is 0 Å². The number of rotatable bonds is 5. The molecule has 3 rings (SSSR count). The van der Waals surface area contributed by atoms with Crippen LogP contribution in [0.5, 0.6) is 0 Å². The van der Waals surface area contributed by atoms with Crippen molar-refractivity contribution in [2.45, 2.75) is 52.1 Å². The maximum absolute atomic E-state index is 5.19. The predicted molar refractivity (Wildman–Crippen MR) is 62.1 cm³/mol. The Morgan fingerprint density at radius 2 is 1.88 bits per heavy atom. The van der Waals surface area contributed by atoms with Crippen molar-refractivity contribution in [1.82, 2.24) is 10.5 Å². The lowest BCUT2D eigenvalue weighted by Gasteiger charge is -2.17. The average molecular weight is 220 g/mol. The molecule has 3 heteroatoms. The molecule has 1 heterocycles. The van der Waals surface area contributed by atoms with Gasteiger partial charge in [0.05, 0.1) is 5.69 Å². The third kappa shape index (κ3) is 2.01. The Balaban J connectivity index is 1.62. The number of hydrogen-bond donors (Lipinski definition) is 1. The van der Waals surface area contributed by atoms with Gasteiger partial charge in [-0.2, -0.15) is 0 Å². The molecule has 2 aliphatic rings. The van der Waals surface area contributed by atoms with Gasteiger partial charge in [0.15, 0.2) is 0 Å². The van der Waals surface area contributed by atoms with Crippen LogP contribution >= 0.6 is 0 Å². The predicted octanol–water partition coefficient (Wildman–Crippen LogP) is 2.57. The zero-order chi connectivity index (χ0) is 11.1. The summed E-state index contributed by atoms with van der Waals surface area (Å²) >= 11 is 0. The van der Waals surface area contributed by atoms with Crippen molar-refractivity contribution < 1.29 is 4.52 Å². The van der Waals surface area contributed by atoms with Crippen molar-refractivity contribution in [3.8, 4) is 0 Å². The van der Waals surface area contributed by atoms with Gasteiger partial charge >= 0.3 is 0 Å². The van der Waals surface area contributed by atoms with E-state index in [0.29, 0.717) is 0 Å². The highest BCUT2D eigenvalue weighted by molar-refractivity contribution is 5.20. The second-order valence-electron chi connectivity index (χ2n) is 5.38. The van der Waals surface area contributed by atoms with Gasteiger partial charge in [-0.25, -0.2) is 0 Å². The van der Waals surface area contributed by atoms with E-state index in [1.165, 1.54) is 31.2 Å². The van der Waals surface area contributed by atoms with Crippen molar-refractivity contribution >= 4 is 0 Å². The molecule has 0 aromatic carbocycles. The fourth-order valence-electron chi connectivity index (χ4n) is 2.60. The summed E-state index contributed by atoms with van der Waals surface area (Å²) < 4.78 is 5.19. The van der Waals surface area contributed by atoms with E-state index in [0.717, 1.165) is 35.9 Å². The van der Waals surface area contributed by atoms with Crippen LogP contribution in [0, 0.1) is 25.7 Å². The largest absolute Gasteiger partial charge is 0.361 e. The van der Waals surface area contributed by atoms with Crippen LogP contribution < -0.4 is 5.32 Å². The molecule has 3 nitrogen and oxygen atoms in total. The summed E-state index contributed by atoms with van der Waals surface area (Å²) in [5.74, 6) is 2.87. The Bertz CT molecular complexity index is 346. The summed E-state index contributed by atoms with van der Waals surface area (Å²) in [7, 11) is 0. The molecule has 0 atom stereocenters. The van der Waals surface area contributed by atoms with Crippen LogP contribution in [0.15, 0.2) is 4.52 Å². The second-order valence-corrected chi connectivity index (χ2v) is 5.38. The Morgan fingerprint density at radius 3 is 2.31 bits per heavy atom. The fraction of sp³-hybridized carbons (Fsp3) is 0.769. The topological polar surface area (TPSA) is 38.1 Å². The molecule has 0 spiro atoms. The van der Waals surface area contributed by atoms with Crippen LogP contribution in [-0.4, -0.2) is 11.2 Å². The molecule has 1 N–H and O–H groups in total. The van der Waals surface area contributed by atoms with Crippen molar-refractivity contribution in [2.75, 3.05) is 0 Å². The first-order valence-electron chi connectivity index (χ1n) is 6.41.